The van der Waals surface area contributed by atoms with Gasteiger partial charge in [0.1, 0.15) is 5.82 Å². The number of hydrogen-bond acceptors (Lipinski definition) is 1. The Bertz CT molecular complexity index is 680. The van der Waals surface area contributed by atoms with E-state index in [4.69, 9.17) is 0 Å². The Labute approximate surface area is 131 Å². The maximum atomic E-state index is 13.6. The molecule has 0 aromatic heterocycles. The fourth-order valence-corrected chi connectivity index (χ4v) is 2.09. The molecule has 1 amide bonds. The number of carbonyl (C=O) groups is 1. The molecule has 0 aliphatic heterocycles. The van der Waals surface area contributed by atoms with Gasteiger partial charge in [-0.15, -0.1) is 0 Å². The van der Waals surface area contributed by atoms with Crippen LogP contribution in [0.4, 0.5) is 17.6 Å². The largest absolute Gasteiger partial charge is 0.416 e. The van der Waals surface area contributed by atoms with E-state index in [1.807, 2.05) is 0 Å². The van der Waals surface area contributed by atoms with Gasteiger partial charge < -0.3 is 4.90 Å². The number of benzene rings is 2. The van der Waals surface area contributed by atoms with Crippen LogP contribution in [0, 0.1) is 5.82 Å². The maximum absolute atomic E-state index is 13.6. The quantitative estimate of drug-likeness (QED) is 0.777. The second-order valence-electron chi connectivity index (χ2n) is 5.21. The molecule has 0 N–H and O–H groups in total. The number of amides is 1. The third-order valence-electron chi connectivity index (χ3n) is 3.43. The van der Waals surface area contributed by atoms with Gasteiger partial charge in [0.05, 0.1) is 12.0 Å². The molecule has 6 heteroatoms. The van der Waals surface area contributed by atoms with E-state index in [9.17, 15) is 22.4 Å². The summed E-state index contributed by atoms with van der Waals surface area (Å²) in [6.45, 7) is 0.103. The standard InChI is InChI=1S/C17H15F4NO/c1-22(11-13-4-2-3-5-15(13)18)16(23)10-12-6-8-14(9-7-12)17(19,20)21/h2-9H,10-11H2,1H3. The highest BCUT2D eigenvalue weighted by molar-refractivity contribution is 5.78. The van der Waals surface area contributed by atoms with Gasteiger partial charge in [0.25, 0.3) is 0 Å². The fourth-order valence-electron chi connectivity index (χ4n) is 2.09. The van der Waals surface area contributed by atoms with Gasteiger partial charge in [-0.1, -0.05) is 30.3 Å². The summed E-state index contributed by atoms with van der Waals surface area (Å²) in [5.74, 6) is -0.699. The average Bonchev–Trinajstić information content (AvgIpc) is 2.49. The molecule has 2 aromatic rings. The summed E-state index contributed by atoms with van der Waals surface area (Å²) >= 11 is 0. The lowest BCUT2D eigenvalue weighted by Crippen LogP contribution is -2.28. The molecule has 23 heavy (non-hydrogen) atoms. The minimum absolute atomic E-state index is 0.0386. The normalized spacial score (nSPS) is 11.3. The van der Waals surface area contributed by atoms with Gasteiger partial charge in [-0.2, -0.15) is 13.2 Å². The molecular formula is C17H15F4NO. The molecule has 2 aromatic carbocycles. The lowest BCUT2D eigenvalue weighted by Gasteiger charge is -2.18. The summed E-state index contributed by atoms with van der Waals surface area (Å²) in [6, 6.07) is 10.6. The van der Waals surface area contributed by atoms with E-state index in [-0.39, 0.29) is 18.9 Å². The summed E-state index contributed by atoms with van der Waals surface area (Å²) < 4.78 is 51.0. The van der Waals surface area contributed by atoms with Crippen LogP contribution in [-0.2, 0) is 23.9 Å². The van der Waals surface area contributed by atoms with Crippen molar-refractivity contribution >= 4 is 5.91 Å². The van der Waals surface area contributed by atoms with Gasteiger partial charge >= 0.3 is 6.18 Å². The summed E-state index contributed by atoms with van der Waals surface area (Å²) in [7, 11) is 1.53. The van der Waals surface area contributed by atoms with Gasteiger partial charge in [-0.3, -0.25) is 4.79 Å². The van der Waals surface area contributed by atoms with Crippen LogP contribution in [-0.4, -0.2) is 17.9 Å². The van der Waals surface area contributed by atoms with Crippen LogP contribution in [0.25, 0.3) is 0 Å². The second kappa shape index (κ2) is 6.81. The number of halogens is 4. The third-order valence-corrected chi connectivity index (χ3v) is 3.43. The molecule has 0 aliphatic carbocycles. The van der Waals surface area contributed by atoms with Gasteiger partial charge in [0.15, 0.2) is 0 Å². The lowest BCUT2D eigenvalue weighted by atomic mass is 10.1. The van der Waals surface area contributed by atoms with E-state index in [0.29, 0.717) is 11.1 Å². The highest BCUT2D eigenvalue weighted by Crippen LogP contribution is 2.29. The molecular weight excluding hydrogens is 310 g/mol. The molecule has 0 fully saturated rings. The molecule has 2 rings (SSSR count). The smallest absolute Gasteiger partial charge is 0.341 e. The Morgan fingerprint density at radius 1 is 1.04 bits per heavy atom. The second-order valence-corrected chi connectivity index (χ2v) is 5.21. The van der Waals surface area contributed by atoms with Gasteiger partial charge in [-0.25, -0.2) is 4.39 Å². The number of carbonyl (C=O) groups excluding carboxylic acids is 1. The number of hydrogen-bond donors (Lipinski definition) is 0. The van der Waals surface area contributed by atoms with Gasteiger partial charge in [-0.05, 0) is 23.8 Å². The first kappa shape index (κ1) is 17.0. The van der Waals surface area contributed by atoms with Gasteiger partial charge in [0.2, 0.25) is 5.91 Å². The number of rotatable bonds is 4. The Morgan fingerprint density at radius 3 is 2.22 bits per heavy atom. The highest BCUT2D eigenvalue weighted by atomic mass is 19.4. The molecule has 0 saturated heterocycles. The summed E-state index contributed by atoms with van der Waals surface area (Å²) in [5, 5.41) is 0. The van der Waals surface area contributed by atoms with E-state index in [1.165, 1.54) is 30.1 Å². The van der Waals surface area contributed by atoms with E-state index in [2.05, 4.69) is 0 Å². The average molecular weight is 325 g/mol. The molecule has 0 aliphatic rings. The zero-order valence-corrected chi connectivity index (χ0v) is 12.4. The molecule has 0 radical (unpaired) electrons. The zero-order chi connectivity index (χ0) is 17.0. The third kappa shape index (κ3) is 4.55. The highest BCUT2D eigenvalue weighted by Gasteiger charge is 2.30. The number of likely N-dealkylation sites (N-methyl/N-ethyl adjacent to an activating group) is 1. The molecule has 0 heterocycles. The molecule has 0 bridgehead atoms. The maximum Gasteiger partial charge on any atom is 0.416 e. The van der Waals surface area contributed by atoms with E-state index < -0.39 is 17.6 Å². The van der Waals surface area contributed by atoms with Crippen molar-refractivity contribution in [2.45, 2.75) is 19.1 Å². The fraction of sp³-hybridized carbons (Fsp3) is 0.235. The first-order valence-corrected chi connectivity index (χ1v) is 6.91. The molecule has 0 atom stereocenters. The van der Waals surface area contributed by atoms with Crippen molar-refractivity contribution in [3.63, 3.8) is 0 Å². The van der Waals surface area contributed by atoms with Crippen LogP contribution >= 0.6 is 0 Å². The molecule has 0 saturated carbocycles. The molecule has 0 spiro atoms. The topological polar surface area (TPSA) is 20.3 Å². The predicted octanol–water partition coefficient (Wildman–Crippen LogP) is 4.05. The van der Waals surface area contributed by atoms with Crippen molar-refractivity contribution < 1.29 is 22.4 Å². The van der Waals surface area contributed by atoms with E-state index >= 15 is 0 Å². The van der Waals surface area contributed by atoms with Crippen LogP contribution in [0.15, 0.2) is 48.5 Å². The van der Waals surface area contributed by atoms with Crippen molar-refractivity contribution in [2.24, 2.45) is 0 Å². The number of alkyl halides is 3. The Hall–Kier alpha value is -2.37. The monoisotopic (exact) mass is 325 g/mol. The van der Waals surface area contributed by atoms with Crippen LogP contribution in [0.5, 0.6) is 0 Å². The molecule has 0 unspecified atom stereocenters. The van der Waals surface area contributed by atoms with Crippen LogP contribution in [0.1, 0.15) is 16.7 Å². The van der Waals surface area contributed by atoms with Crippen molar-refractivity contribution in [3.05, 3.63) is 71.0 Å². The van der Waals surface area contributed by atoms with Crippen LogP contribution in [0.2, 0.25) is 0 Å². The minimum Gasteiger partial charge on any atom is -0.341 e. The molecule has 2 nitrogen and oxygen atoms in total. The van der Waals surface area contributed by atoms with Crippen LogP contribution < -0.4 is 0 Å². The summed E-state index contributed by atoms with van der Waals surface area (Å²) in [4.78, 5) is 13.4. The van der Waals surface area contributed by atoms with Crippen molar-refractivity contribution in [2.75, 3.05) is 7.05 Å². The Balaban J connectivity index is 2.00. The first-order chi connectivity index (χ1) is 10.8. The minimum atomic E-state index is -4.40. The zero-order valence-electron chi connectivity index (χ0n) is 12.4. The Kier molecular flexibility index (Phi) is 5.03. The number of nitrogens with zero attached hydrogens (tertiary/aromatic N) is 1. The van der Waals surface area contributed by atoms with E-state index in [0.717, 1.165) is 12.1 Å². The SMILES string of the molecule is CN(Cc1ccccc1F)C(=O)Cc1ccc(C(F)(F)F)cc1. The summed E-state index contributed by atoms with van der Waals surface area (Å²) in [5.41, 5.74) is 0.104. The van der Waals surface area contributed by atoms with Crippen molar-refractivity contribution in [3.8, 4) is 0 Å². The predicted molar refractivity (Wildman–Crippen MR) is 78.0 cm³/mol. The van der Waals surface area contributed by atoms with E-state index in [1.54, 1.807) is 18.2 Å². The Morgan fingerprint density at radius 2 is 1.65 bits per heavy atom. The van der Waals surface area contributed by atoms with Crippen LogP contribution in [0.3, 0.4) is 0 Å². The van der Waals surface area contributed by atoms with Gasteiger partial charge in [0, 0.05) is 19.2 Å². The summed E-state index contributed by atoms with van der Waals surface area (Å²) in [6.07, 6.45) is -4.44. The molecule has 122 valence electrons. The van der Waals surface area contributed by atoms with Crippen molar-refractivity contribution in [1.29, 1.82) is 0 Å². The first-order valence-electron chi connectivity index (χ1n) is 6.91. The van der Waals surface area contributed by atoms with Crippen molar-refractivity contribution in [1.82, 2.24) is 4.90 Å². The lowest BCUT2D eigenvalue weighted by molar-refractivity contribution is -0.137.